The topological polar surface area (TPSA) is 110 Å². The summed E-state index contributed by atoms with van der Waals surface area (Å²) in [5.74, 6) is -1.25. The normalized spacial score (nSPS) is 17.7. The van der Waals surface area contributed by atoms with E-state index in [2.05, 4.69) is 10.1 Å². The van der Waals surface area contributed by atoms with Crippen molar-refractivity contribution < 1.29 is 27.9 Å². The molecule has 120 valence electrons. The molecule has 1 aromatic rings. The maximum atomic E-state index is 12.2. The van der Waals surface area contributed by atoms with Crippen molar-refractivity contribution in [1.82, 2.24) is 5.32 Å². The maximum Gasteiger partial charge on any atom is 0.338 e. The average Bonchev–Trinajstić information content (AvgIpc) is 2.47. The molecule has 1 fully saturated rings. The van der Waals surface area contributed by atoms with Gasteiger partial charge in [-0.25, -0.2) is 13.2 Å². The highest BCUT2D eigenvalue weighted by Crippen LogP contribution is 2.18. The first-order chi connectivity index (χ1) is 10.3. The molecular formula is C14H17NO6S. The van der Waals surface area contributed by atoms with Crippen LogP contribution in [0.3, 0.4) is 0 Å². The van der Waals surface area contributed by atoms with Crippen molar-refractivity contribution in [3.63, 3.8) is 0 Å². The van der Waals surface area contributed by atoms with Gasteiger partial charge in [0, 0.05) is 11.6 Å². The lowest BCUT2D eigenvalue weighted by molar-refractivity contribution is 0.0600. The summed E-state index contributed by atoms with van der Waals surface area (Å²) in [6.07, 6.45) is 0.716. The number of ether oxygens (including phenoxy) is 1. The highest BCUT2D eigenvalue weighted by Gasteiger charge is 2.25. The molecule has 1 amide bonds. The van der Waals surface area contributed by atoms with Crippen LogP contribution in [0.5, 0.6) is 5.75 Å². The Hall–Kier alpha value is -2.09. The standard InChI is InChI=1S/C14H17NO6S/c1-21-14(18)10-6-9(7-12(16)8-10)13(17)15-11-2-4-22(19,20)5-3-11/h6-8,11,16H,2-5H2,1H3,(H,15,17). The van der Waals surface area contributed by atoms with E-state index in [0.717, 1.165) is 0 Å². The van der Waals surface area contributed by atoms with E-state index >= 15 is 0 Å². The highest BCUT2D eigenvalue weighted by molar-refractivity contribution is 7.91. The molecule has 1 heterocycles. The van der Waals surface area contributed by atoms with Crippen molar-refractivity contribution in [2.45, 2.75) is 18.9 Å². The number of phenolic OH excluding ortho intramolecular Hbond substituents is 1. The van der Waals surface area contributed by atoms with Crippen molar-refractivity contribution in [2.24, 2.45) is 0 Å². The number of amides is 1. The smallest absolute Gasteiger partial charge is 0.338 e. The van der Waals surface area contributed by atoms with Crippen LogP contribution in [0.25, 0.3) is 0 Å². The fraction of sp³-hybridized carbons (Fsp3) is 0.429. The van der Waals surface area contributed by atoms with Crippen LogP contribution in [0.15, 0.2) is 18.2 Å². The molecule has 1 aromatic carbocycles. The van der Waals surface area contributed by atoms with Crippen molar-refractivity contribution >= 4 is 21.7 Å². The molecule has 2 rings (SSSR count). The van der Waals surface area contributed by atoms with Crippen LogP contribution in [0, 0.1) is 0 Å². The van der Waals surface area contributed by atoms with Crippen molar-refractivity contribution in [3.8, 4) is 5.75 Å². The Morgan fingerprint density at radius 3 is 2.36 bits per heavy atom. The van der Waals surface area contributed by atoms with Gasteiger partial charge in [-0.1, -0.05) is 0 Å². The SMILES string of the molecule is COC(=O)c1cc(O)cc(C(=O)NC2CCS(=O)(=O)CC2)c1. The van der Waals surface area contributed by atoms with Gasteiger partial charge in [-0.2, -0.15) is 0 Å². The van der Waals surface area contributed by atoms with Gasteiger partial charge in [-0.05, 0) is 31.0 Å². The molecule has 7 nitrogen and oxygen atoms in total. The second-order valence-corrected chi connectivity index (χ2v) is 7.46. The van der Waals surface area contributed by atoms with E-state index in [1.807, 2.05) is 0 Å². The number of carbonyl (C=O) groups excluding carboxylic acids is 2. The van der Waals surface area contributed by atoms with Gasteiger partial charge in [0.2, 0.25) is 0 Å². The highest BCUT2D eigenvalue weighted by atomic mass is 32.2. The first kappa shape index (κ1) is 16.3. The number of sulfone groups is 1. The number of hydrogen-bond donors (Lipinski definition) is 2. The third kappa shape index (κ3) is 3.97. The van der Waals surface area contributed by atoms with E-state index in [1.165, 1.54) is 25.3 Å². The van der Waals surface area contributed by atoms with Crippen LogP contribution in [-0.2, 0) is 14.6 Å². The lowest BCUT2D eigenvalue weighted by Gasteiger charge is -2.23. The summed E-state index contributed by atoms with van der Waals surface area (Å²) in [7, 11) is -1.79. The summed E-state index contributed by atoms with van der Waals surface area (Å²) in [4.78, 5) is 23.6. The largest absolute Gasteiger partial charge is 0.508 e. The summed E-state index contributed by atoms with van der Waals surface area (Å²) < 4.78 is 27.3. The van der Waals surface area contributed by atoms with Crippen LogP contribution >= 0.6 is 0 Å². The third-order valence-corrected chi connectivity index (χ3v) is 5.21. The summed E-state index contributed by atoms with van der Waals surface area (Å²) in [5.41, 5.74) is 0.188. The van der Waals surface area contributed by atoms with Crippen LogP contribution in [0.2, 0.25) is 0 Å². The van der Waals surface area contributed by atoms with Gasteiger partial charge in [0.1, 0.15) is 15.6 Å². The second kappa shape index (κ2) is 6.35. The molecule has 0 saturated carbocycles. The zero-order chi connectivity index (χ0) is 16.3. The Bertz CT molecular complexity index is 683. The molecule has 0 radical (unpaired) electrons. The Labute approximate surface area is 128 Å². The number of aromatic hydroxyl groups is 1. The van der Waals surface area contributed by atoms with E-state index in [9.17, 15) is 23.1 Å². The molecule has 1 aliphatic heterocycles. The molecule has 0 unspecified atom stereocenters. The molecule has 1 aliphatic rings. The molecule has 8 heteroatoms. The van der Waals surface area contributed by atoms with Gasteiger partial charge in [0.05, 0.1) is 24.2 Å². The fourth-order valence-corrected chi connectivity index (χ4v) is 3.77. The van der Waals surface area contributed by atoms with E-state index in [4.69, 9.17) is 0 Å². The van der Waals surface area contributed by atoms with Gasteiger partial charge >= 0.3 is 5.97 Å². The second-order valence-electron chi connectivity index (χ2n) is 5.16. The molecule has 0 bridgehead atoms. The Morgan fingerprint density at radius 2 is 1.77 bits per heavy atom. The quantitative estimate of drug-likeness (QED) is 0.782. The first-order valence-electron chi connectivity index (χ1n) is 6.74. The molecule has 0 spiro atoms. The molecule has 0 atom stereocenters. The number of nitrogens with one attached hydrogen (secondary N) is 1. The van der Waals surface area contributed by atoms with Crippen molar-refractivity contribution in [1.29, 1.82) is 0 Å². The molecule has 22 heavy (non-hydrogen) atoms. The van der Waals surface area contributed by atoms with Gasteiger partial charge in [-0.15, -0.1) is 0 Å². The van der Waals surface area contributed by atoms with Crippen molar-refractivity contribution in [3.05, 3.63) is 29.3 Å². The Morgan fingerprint density at radius 1 is 1.18 bits per heavy atom. The number of esters is 1. The predicted octanol–water partition coefficient (Wildman–Crippen LogP) is 0.486. The fourth-order valence-electron chi connectivity index (χ4n) is 2.28. The number of hydrogen-bond acceptors (Lipinski definition) is 6. The third-order valence-electron chi connectivity index (χ3n) is 3.49. The summed E-state index contributed by atoms with van der Waals surface area (Å²) in [5, 5.41) is 12.3. The Kier molecular flexibility index (Phi) is 4.70. The molecular weight excluding hydrogens is 310 g/mol. The number of rotatable bonds is 3. The number of phenols is 1. The first-order valence-corrected chi connectivity index (χ1v) is 8.56. The molecule has 1 saturated heterocycles. The minimum atomic E-state index is -3.00. The monoisotopic (exact) mass is 327 g/mol. The van der Waals surface area contributed by atoms with Crippen molar-refractivity contribution in [2.75, 3.05) is 18.6 Å². The van der Waals surface area contributed by atoms with Gasteiger partial charge in [-0.3, -0.25) is 4.79 Å². The minimum absolute atomic E-state index is 0.0470. The zero-order valence-corrected chi connectivity index (χ0v) is 12.9. The van der Waals surface area contributed by atoms with E-state index in [0.29, 0.717) is 12.8 Å². The maximum absolute atomic E-state index is 12.2. The number of carbonyl (C=O) groups is 2. The minimum Gasteiger partial charge on any atom is -0.508 e. The molecule has 0 aliphatic carbocycles. The van der Waals surface area contributed by atoms with Gasteiger partial charge < -0.3 is 15.2 Å². The summed E-state index contributed by atoms with van der Waals surface area (Å²) in [6.45, 7) is 0. The summed E-state index contributed by atoms with van der Waals surface area (Å²) >= 11 is 0. The van der Waals surface area contributed by atoms with E-state index < -0.39 is 21.7 Å². The van der Waals surface area contributed by atoms with Crippen LogP contribution < -0.4 is 5.32 Å². The average molecular weight is 327 g/mol. The van der Waals surface area contributed by atoms with Crippen LogP contribution in [0.1, 0.15) is 33.6 Å². The van der Waals surface area contributed by atoms with E-state index in [1.54, 1.807) is 0 Å². The lowest BCUT2D eigenvalue weighted by atomic mass is 10.1. The Balaban J connectivity index is 2.10. The summed E-state index contributed by atoms with van der Waals surface area (Å²) in [6, 6.07) is 3.53. The number of benzene rings is 1. The number of methoxy groups -OCH3 is 1. The van der Waals surface area contributed by atoms with Crippen LogP contribution in [0.4, 0.5) is 0 Å². The van der Waals surface area contributed by atoms with Gasteiger partial charge in [0.25, 0.3) is 5.91 Å². The van der Waals surface area contributed by atoms with Gasteiger partial charge in [0.15, 0.2) is 0 Å². The predicted molar refractivity (Wildman–Crippen MR) is 78.6 cm³/mol. The molecule has 0 aromatic heterocycles. The van der Waals surface area contributed by atoms with Crippen LogP contribution in [-0.4, -0.2) is 50.1 Å². The van der Waals surface area contributed by atoms with E-state index in [-0.39, 0.29) is 34.4 Å². The molecule has 2 N–H and O–H groups in total. The zero-order valence-electron chi connectivity index (χ0n) is 12.0. The lowest BCUT2D eigenvalue weighted by Crippen LogP contribution is -2.40.